The maximum Gasteiger partial charge on any atom is 0.212 e. The summed E-state index contributed by atoms with van der Waals surface area (Å²) in [5.41, 5.74) is 2.17. The number of nitrogens with zero attached hydrogens (tertiary/aromatic N) is 4. The Kier molecular flexibility index (Phi) is 2.93. The second-order valence-electron chi connectivity index (χ2n) is 5.57. The molecule has 0 bridgehead atoms. The van der Waals surface area contributed by atoms with E-state index in [9.17, 15) is 0 Å². The van der Waals surface area contributed by atoms with E-state index in [0.29, 0.717) is 0 Å². The van der Waals surface area contributed by atoms with Crippen LogP contribution in [0.3, 0.4) is 0 Å². The van der Waals surface area contributed by atoms with E-state index >= 15 is 0 Å². The van der Waals surface area contributed by atoms with Crippen molar-refractivity contribution in [2.45, 2.75) is 31.3 Å². The van der Waals surface area contributed by atoms with E-state index in [1.165, 1.54) is 0 Å². The maximum absolute atomic E-state index is 4.73. The van der Waals surface area contributed by atoms with Crippen molar-refractivity contribution in [3.8, 4) is 0 Å². The molecule has 0 unspecified atom stereocenters. The Labute approximate surface area is 116 Å². The van der Waals surface area contributed by atoms with E-state index in [0.717, 1.165) is 28.0 Å². The Hall–Kier alpha value is -1.62. The highest BCUT2D eigenvalue weighted by Gasteiger charge is 2.26. The largest absolute Gasteiger partial charge is 0.212 e. The van der Waals surface area contributed by atoms with Crippen LogP contribution in [-0.4, -0.2) is 26.3 Å². The van der Waals surface area contributed by atoms with Gasteiger partial charge >= 0.3 is 0 Å². The highest BCUT2D eigenvalue weighted by Crippen LogP contribution is 2.29. The first-order chi connectivity index (χ1) is 9.05. The van der Waals surface area contributed by atoms with Gasteiger partial charge in [-0.05, 0) is 5.56 Å². The number of hydrogen-bond acceptors (Lipinski definition) is 4. The number of hydrogen-bond donors (Lipinski definition) is 0. The molecule has 4 nitrogen and oxygen atoms in total. The van der Waals surface area contributed by atoms with Crippen molar-refractivity contribution in [3.05, 3.63) is 41.7 Å². The third kappa shape index (κ3) is 2.30. The lowest BCUT2D eigenvalue weighted by molar-refractivity contribution is 0.509. The van der Waals surface area contributed by atoms with Gasteiger partial charge in [-0.3, -0.25) is 0 Å². The molecule has 0 spiro atoms. The first-order valence-electron chi connectivity index (χ1n) is 6.28. The van der Waals surface area contributed by atoms with Gasteiger partial charge in [-0.15, -0.1) is 10.2 Å². The molecule has 5 heteroatoms. The lowest BCUT2D eigenvalue weighted by Gasteiger charge is -2.19. The van der Waals surface area contributed by atoms with Crippen LogP contribution in [0.25, 0.3) is 0 Å². The van der Waals surface area contributed by atoms with Crippen LogP contribution in [0, 0.1) is 0 Å². The molecule has 0 fully saturated rings. The third-order valence-electron chi connectivity index (χ3n) is 2.95. The van der Waals surface area contributed by atoms with Crippen LogP contribution >= 0.6 is 11.8 Å². The number of thioether (sulfide) groups is 1. The van der Waals surface area contributed by atoms with Gasteiger partial charge in [0.25, 0.3) is 0 Å². The highest BCUT2D eigenvalue weighted by molar-refractivity contribution is 7.99. The van der Waals surface area contributed by atoms with Crippen molar-refractivity contribution < 1.29 is 0 Å². The topological polar surface area (TPSA) is 43.1 Å². The Morgan fingerprint density at radius 3 is 2.53 bits per heavy atom. The van der Waals surface area contributed by atoms with Crippen molar-refractivity contribution in [2.75, 3.05) is 5.75 Å². The van der Waals surface area contributed by atoms with E-state index < -0.39 is 0 Å². The fourth-order valence-corrected chi connectivity index (χ4v) is 2.81. The zero-order valence-electron chi connectivity index (χ0n) is 11.3. The second kappa shape index (κ2) is 4.49. The van der Waals surface area contributed by atoms with Crippen molar-refractivity contribution in [2.24, 2.45) is 5.10 Å². The van der Waals surface area contributed by atoms with Crippen LogP contribution in [0.4, 0.5) is 0 Å². The Morgan fingerprint density at radius 1 is 1.11 bits per heavy atom. The molecular formula is C14H16N4S. The third-order valence-corrected chi connectivity index (χ3v) is 3.88. The molecule has 19 heavy (non-hydrogen) atoms. The summed E-state index contributed by atoms with van der Waals surface area (Å²) < 4.78 is 1.89. The molecule has 0 radical (unpaired) electrons. The van der Waals surface area contributed by atoms with Gasteiger partial charge in [0.1, 0.15) is 0 Å². The smallest absolute Gasteiger partial charge is 0.191 e. The number of fused-ring (bicyclic) bond motifs is 1. The molecule has 0 saturated heterocycles. The van der Waals surface area contributed by atoms with Gasteiger partial charge in [-0.2, -0.15) is 9.78 Å². The van der Waals surface area contributed by atoms with E-state index in [-0.39, 0.29) is 5.41 Å². The standard InChI is InChI=1S/C14H16N4S/c1-14(2,3)12-15-16-13-18(12)17-11(9-19-13)10-7-5-4-6-8-10/h4-8H,9H2,1-3H3. The molecule has 2 heterocycles. The van der Waals surface area contributed by atoms with Crippen molar-refractivity contribution in [1.82, 2.24) is 14.9 Å². The van der Waals surface area contributed by atoms with E-state index in [2.05, 4.69) is 43.1 Å². The number of benzene rings is 1. The maximum atomic E-state index is 4.73. The van der Waals surface area contributed by atoms with Gasteiger partial charge in [0.15, 0.2) is 5.82 Å². The second-order valence-corrected chi connectivity index (χ2v) is 6.51. The van der Waals surface area contributed by atoms with E-state index in [4.69, 9.17) is 5.10 Å². The predicted octanol–water partition coefficient (Wildman–Crippen LogP) is 2.93. The molecule has 0 atom stereocenters. The van der Waals surface area contributed by atoms with Crippen LogP contribution in [-0.2, 0) is 5.41 Å². The quantitative estimate of drug-likeness (QED) is 0.801. The summed E-state index contributed by atoms with van der Waals surface area (Å²) >= 11 is 1.69. The van der Waals surface area contributed by atoms with Crippen LogP contribution in [0.5, 0.6) is 0 Å². The number of aromatic nitrogens is 3. The summed E-state index contributed by atoms with van der Waals surface area (Å²) in [6, 6.07) is 10.3. The fraction of sp³-hybridized carbons (Fsp3) is 0.357. The average Bonchev–Trinajstić information content (AvgIpc) is 2.82. The molecule has 0 amide bonds. The summed E-state index contributed by atoms with van der Waals surface area (Å²) in [5, 5.41) is 14.1. The minimum absolute atomic E-state index is 0.0611. The normalized spacial score (nSPS) is 15.0. The summed E-state index contributed by atoms with van der Waals surface area (Å²) in [5.74, 6) is 1.75. The lowest BCUT2D eigenvalue weighted by atomic mass is 9.96. The zero-order chi connectivity index (χ0) is 13.5. The minimum Gasteiger partial charge on any atom is -0.191 e. The van der Waals surface area contributed by atoms with E-state index in [1.54, 1.807) is 11.8 Å². The molecule has 1 aliphatic rings. The van der Waals surface area contributed by atoms with Crippen molar-refractivity contribution in [1.29, 1.82) is 0 Å². The zero-order valence-corrected chi connectivity index (χ0v) is 12.1. The summed E-state index contributed by atoms with van der Waals surface area (Å²) in [7, 11) is 0. The van der Waals surface area contributed by atoms with Gasteiger partial charge in [0, 0.05) is 11.2 Å². The summed E-state index contributed by atoms with van der Waals surface area (Å²) in [6.45, 7) is 6.38. The van der Waals surface area contributed by atoms with Crippen LogP contribution in [0.1, 0.15) is 32.2 Å². The molecule has 3 rings (SSSR count). The van der Waals surface area contributed by atoms with Crippen molar-refractivity contribution in [3.63, 3.8) is 0 Å². The lowest BCUT2D eigenvalue weighted by Crippen LogP contribution is -2.21. The van der Waals surface area contributed by atoms with Crippen LogP contribution < -0.4 is 0 Å². The first kappa shape index (κ1) is 12.4. The molecule has 0 N–H and O–H groups in total. The highest BCUT2D eigenvalue weighted by atomic mass is 32.2. The Balaban J connectivity index is 2.07. The van der Waals surface area contributed by atoms with Crippen molar-refractivity contribution >= 4 is 17.5 Å². The van der Waals surface area contributed by atoms with Crippen LogP contribution in [0.15, 0.2) is 40.6 Å². The molecule has 2 aromatic rings. The molecule has 1 aromatic carbocycles. The number of rotatable bonds is 1. The Bertz CT molecular complexity index is 623. The van der Waals surface area contributed by atoms with E-state index in [1.807, 2.05) is 22.9 Å². The van der Waals surface area contributed by atoms with Gasteiger partial charge in [-0.25, -0.2) is 0 Å². The Morgan fingerprint density at radius 2 is 1.84 bits per heavy atom. The molecule has 0 aliphatic carbocycles. The molecule has 1 aromatic heterocycles. The predicted molar refractivity (Wildman–Crippen MR) is 77.8 cm³/mol. The van der Waals surface area contributed by atoms with Gasteiger partial charge in [0.05, 0.1) is 5.71 Å². The fourth-order valence-electron chi connectivity index (χ4n) is 1.97. The SMILES string of the molecule is CC(C)(C)c1nnc2n1N=C(c1ccccc1)CS2. The molecule has 0 saturated carbocycles. The van der Waals surface area contributed by atoms with Gasteiger partial charge in [0.2, 0.25) is 5.16 Å². The van der Waals surface area contributed by atoms with Gasteiger partial charge < -0.3 is 0 Å². The van der Waals surface area contributed by atoms with Crippen LogP contribution in [0.2, 0.25) is 0 Å². The van der Waals surface area contributed by atoms with Gasteiger partial charge in [-0.1, -0.05) is 62.9 Å². The molecule has 98 valence electrons. The molecular weight excluding hydrogens is 256 g/mol. The monoisotopic (exact) mass is 272 g/mol. The molecule has 1 aliphatic heterocycles. The minimum atomic E-state index is -0.0611. The summed E-state index contributed by atoms with van der Waals surface area (Å²) in [4.78, 5) is 0. The first-order valence-corrected chi connectivity index (χ1v) is 7.26. The summed E-state index contributed by atoms with van der Waals surface area (Å²) in [6.07, 6.45) is 0. The average molecular weight is 272 g/mol.